The first-order chi connectivity index (χ1) is 5.79. The Morgan fingerprint density at radius 1 is 1.50 bits per heavy atom. The largest absolute Gasteiger partial charge is 0.481 e. The predicted molar refractivity (Wildman–Crippen MR) is 45.0 cm³/mol. The number of nitrogens with zero attached hydrogens (tertiary/aromatic N) is 2. The molecule has 0 unspecified atom stereocenters. The second-order valence-corrected chi connectivity index (χ2v) is 3.23. The molecule has 0 aliphatic heterocycles. The first-order valence-corrected chi connectivity index (χ1v) is 4.37. The molecule has 0 spiro atoms. The Morgan fingerprint density at radius 2 is 2.17 bits per heavy atom. The first-order valence-electron chi connectivity index (χ1n) is 3.38. The Balaban J connectivity index is 2.29. The summed E-state index contributed by atoms with van der Waals surface area (Å²) in [5, 5.41) is 8.35. The highest BCUT2D eigenvalue weighted by Gasteiger charge is 1.97. The van der Waals surface area contributed by atoms with Crippen molar-refractivity contribution >= 4 is 17.7 Å². The van der Waals surface area contributed by atoms with Gasteiger partial charge in [-0.05, 0) is 0 Å². The molecule has 1 heterocycles. The number of hydrogen-bond acceptors (Lipinski definition) is 4. The number of aliphatic carboxylic acids is 1. The normalized spacial score (nSPS) is 9.67. The molecule has 0 saturated carbocycles. The Kier molecular flexibility index (Phi) is 3.53. The number of carbonyl (C=O) groups is 1. The minimum atomic E-state index is -0.778. The van der Waals surface area contributed by atoms with Gasteiger partial charge in [-0.15, -0.1) is 11.8 Å². The highest BCUT2D eigenvalue weighted by Crippen LogP contribution is 2.15. The van der Waals surface area contributed by atoms with Crippen molar-refractivity contribution in [2.45, 2.75) is 11.3 Å². The zero-order valence-corrected chi connectivity index (χ0v) is 7.12. The van der Waals surface area contributed by atoms with Crippen molar-refractivity contribution in [1.82, 2.24) is 9.97 Å². The van der Waals surface area contributed by atoms with Gasteiger partial charge in [-0.1, -0.05) is 0 Å². The number of carboxylic acid groups (broad SMARTS) is 1. The van der Waals surface area contributed by atoms with Crippen LogP contribution in [0.4, 0.5) is 0 Å². The standard InChI is InChI=1S/C7H8N2O2S/c10-7(11)1-2-12-6-3-8-5-9-4-6/h3-5H,1-2H2,(H,10,11). The molecule has 0 aliphatic rings. The lowest BCUT2D eigenvalue weighted by Gasteiger charge is -1.96. The molecule has 4 nitrogen and oxygen atoms in total. The molecule has 1 rings (SSSR count). The lowest BCUT2D eigenvalue weighted by molar-refractivity contribution is -0.136. The van der Waals surface area contributed by atoms with Crippen molar-refractivity contribution in [3.63, 3.8) is 0 Å². The van der Waals surface area contributed by atoms with Gasteiger partial charge in [0.15, 0.2) is 0 Å². The van der Waals surface area contributed by atoms with Crippen LogP contribution in [0, 0.1) is 0 Å². The second kappa shape index (κ2) is 4.71. The molecule has 1 aromatic heterocycles. The number of rotatable bonds is 4. The maximum absolute atomic E-state index is 10.1. The molecule has 0 bridgehead atoms. The summed E-state index contributed by atoms with van der Waals surface area (Å²) < 4.78 is 0. The maximum atomic E-state index is 10.1. The van der Waals surface area contributed by atoms with Gasteiger partial charge >= 0.3 is 5.97 Å². The van der Waals surface area contributed by atoms with Crippen LogP contribution >= 0.6 is 11.8 Å². The van der Waals surface area contributed by atoms with Crippen LogP contribution in [-0.4, -0.2) is 26.8 Å². The predicted octanol–water partition coefficient (Wildman–Crippen LogP) is 1.04. The maximum Gasteiger partial charge on any atom is 0.304 e. The molecule has 64 valence electrons. The molecule has 5 heteroatoms. The fraction of sp³-hybridized carbons (Fsp3) is 0.286. The van der Waals surface area contributed by atoms with Crippen LogP contribution in [0.1, 0.15) is 6.42 Å². The number of hydrogen-bond donors (Lipinski definition) is 1. The van der Waals surface area contributed by atoms with E-state index < -0.39 is 5.97 Å². The van der Waals surface area contributed by atoms with E-state index in [0.29, 0.717) is 5.75 Å². The summed E-state index contributed by atoms with van der Waals surface area (Å²) in [7, 11) is 0. The van der Waals surface area contributed by atoms with Crippen LogP contribution in [0.2, 0.25) is 0 Å². The van der Waals surface area contributed by atoms with E-state index in [9.17, 15) is 4.79 Å². The average molecular weight is 184 g/mol. The van der Waals surface area contributed by atoms with Gasteiger partial charge in [0, 0.05) is 23.0 Å². The minimum absolute atomic E-state index is 0.166. The molecule has 0 radical (unpaired) electrons. The third-order valence-electron chi connectivity index (χ3n) is 1.12. The lowest BCUT2D eigenvalue weighted by atomic mass is 10.5. The second-order valence-electron chi connectivity index (χ2n) is 2.07. The summed E-state index contributed by atoms with van der Waals surface area (Å²) in [5.41, 5.74) is 0. The third-order valence-corrected chi connectivity index (χ3v) is 2.07. The van der Waals surface area contributed by atoms with E-state index >= 15 is 0 Å². The van der Waals surface area contributed by atoms with E-state index in [2.05, 4.69) is 9.97 Å². The molecule has 0 amide bonds. The molecule has 0 aromatic carbocycles. The summed E-state index contributed by atoms with van der Waals surface area (Å²) >= 11 is 1.44. The smallest absolute Gasteiger partial charge is 0.304 e. The number of aromatic nitrogens is 2. The molecule has 0 aliphatic carbocycles. The molecule has 12 heavy (non-hydrogen) atoms. The fourth-order valence-corrected chi connectivity index (χ4v) is 1.40. The molecular weight excluding hydrogens is 176 g/mol. The van der Waals surface area contributed by atoms with Crippen molar-refractivity contribution in [3.05, 3.63) is 18.7 Å². The van der Waals surface area contributed by atoms with Crippen molar-refractivity contribution in [1.29, 1.82) is 0 Å². The van der Waals surface area contributed by atoms with Crippen LogP contribution in [0.25, 0.3) is 0 Å². The zero-order chi connectivity index (χ0) is 8.81. The van der Waals surface area contributed by atoms with Gasteiger partial charge in [0.05, 0.1) is 6.42 Å². The van der Waals surface area contributed by atoms with Crippen LogP contribution in [0.3, 0.4) is 0 Å². The minimum Gasteiger partial charge on any atom is -0.481 e. The van der Waals surface area contributed by atoms with Crippen molar-refractivity contribution in [3.8, 4) is 0 Å². The Morgan fingerprint density at radius 3 is 2.75 bits per heavy atom. The highest BCUT2D eigenvalue weighted by atomic mass is 32.2. The van der Waals surface area contributed by atoms with Crippen molar-refractivity contribution < 1.29 is 9.90 Å². The van der Waals surface area contributed by atoms with Gasteiger partial charge in [-0.2, -0.15) is 0 Å². The van der Waals surface area contributed by atoms with Gasteiger partial charge in [-0.3, -0.25) is 4.79 Å². The van der Waals surface area contributed by atoms with Gasteiger partial charge in [0.1, 0.15) is 6.33 Å². The SMILES string of the molecule is O=C(O)CCSc1cncnc1. The van der Waals surface area contributed by atoms with Crippen LogP contribution in [0.5, 0.6) is 0 Å². The summed E-state index contributed by atoms with van der Waals surface area (Å²) in [4.78, 5) is 18.7. The monoisotopic (exact) mass is 184 g/mol. The molecule has 1 aromatic rings. The fourth-order valence-electron chi connectivity index (χ4n) is 0.616. The third kappa shape index (κ3) is 3.34. The van der Waals surface area contributed by atoms with E-state index in [0.717, 1.165) is 4.90 Å². The van der Waals surface area contributed by atoms with Crippen LogP contribution in [-0.2, 0) is 4.79 Å². The van der Waals surface area contributed by atoms with E-state index in [-0.39, 0.29) is 6.42 Å². The van der Waals surface area contributed by atoms with Crippen LogP contribution in [0.15, 0.2) is 23.6 Å². The number of carboxylic acids is 1. The lowest BCUT2D eigenvalue weighted by Crippen LogP contribution is -1.95. The molecule has 0 atom stereocenters. The Bertz CT molecular complexity index is 253. The van der Waals surface area contributed by atoms with E-state index in [1.165, 1.54) is 18.1 Å². The number of thioether (sulfide) groups is 1. The summed E-state index contributed by atoms with van der Waals surface area (Å²) in [6, 6.07) is 0. The molecule has 1 N–H and O–H groups in total. The Hall–Kier alpha value is -1.10. The van der Waals surface area contributed by atoms with Gasteiger partial charge < -0.3 is 5.11 Å². The first kappa shape index (κ1) is 8.99. The van der Waals surface area contributed by atoms with Crippen LogP contribution < -0.4 is 0 Å². The molecular formula is C7H8N2O2S. The Labute approximate surface area is 74.0 Å². The summed E-state index contributed by atoms with van der Waals surface area (Å²) in [6.45, 7) is 0. The van der Waals surface area contributed by atoms with Gasteiger partial charge in [0.2, 0.25) is 0 Å². The van der Waals surface area contributed by atoms with Gasteiger partial charge in [-0.25, -0.2) is 9.97 Å². The topological polar surface area (TPSA) is 63.1 Å². The van der Waals surface area contributed by atoms with Crippen molar-refractivity contribution in [2.24, 2.45) is 0 Å². The van der Waals surface area contributed by atoms with E-state index in [1.807, 2.05) is 0 Å². The zero-order valence-electron chi connectivity index (χ0n) is 6.30. The summed E-state index contributed by atoms with van der Waals surface area (Å²) in [6.07, 6.45) is 4.94. The average Bonchev–Trinajstić information content (AvgIpc) is 2.05. The molecule has 0 saturated heterocycles. The van der Waals surface area contributed by atoms with Crippen molar-refractivity contribution in [2.75, 3.05) is 5.75 Å². The highest BCUT2D eigenvalue weighted by molar-refractivity contribution is 7.99. The van der Waals surface area contributed by atoms with E-state index in [1.54, 1.807) is 12.4 Å². The van der Waals surface area contributed by atoms with E-state index in [4.69, 9.17) is 5.11 Å². The molecule has 0 fully saturated rings. The van der Waals surface area contributed by atoms with Gasteiger partial charge in [0.25, 0.3) is 0 Å². The quantitative estimate of drug-likeness (QED) is 0.708. The summed E-state index contributed by atoms with van der Waals surface area (Å²) in [5.74, 6) is -0.220.